The van der Waals surface area contributed by atoms with Crippen molar-refractivity contribution in [1.82, 2.24) is 14.8 Å². The quantitative estimate of drug-likeness (QED) is 0.518. The van der Waals surface area contributed by atoms with Gasteiger partial charge in [-0.25, -0.2) is 4.98 Å². The van der Waals surface area contributed by atoms with Gasteiger partial charge in [-0.15, -0.1) is 11.3 Å². The van der Waals surface area contributed by atoms with Gasteiger partial charge < -0.3 is 9.64 Å². The van der Waals surface area contributed by atoms with Crippen LogP contribution in [0.25, 0.3) is 10.6 Å². The van der Waals surface area contributed by atoms with E-state index >= 15 is 0 Å². The minimum atomic E-state index is -4.34. The predicted octanol–water partition coefficient (Wildman–Crippen LogP) is 4.72. The molecular weight excluding hydrogens is 451 g/mol. The SMILES string of the molecule is COc1cccc(CC(=O)N2CCN(Cc3csc(-c4ccc(C(F)(F)F)cc4)n3)CC2)c1. The first-order chi connectivity index (χ1) is 15.8. The Morgan fingerprint density at radius 3 is 2.48 bits per heavy atom. The third-order valence-corrected chi connectivity index (χ3v) is 6.55. The molecule has 1 amide bonds. The molecule has 1 fully saturated rings. The van der Waals surface area contributed by atoms with Gasteiger partial charge in [0, 0.05) is 43.7 Å². The zero-order valence-electron chi connectivity index (χ0n) is 18.1. The molecule has 1 aliphatic heterocycles. The molecule has 9 heteroatoms. The molecule has 0 atom stereocenters. The highest BCUT2D eigenvalue weighted by molar-refractivity contribution is 7.13. The largest absolute Gasteiger partial charge is 0.497 e. The predicted molar refractivity (Wildman–Crippen MR) is 121 cm³/mol. The molecule has 0 bridgehead atoms. The van der Waals surface area contributed by atoms with Gasteiger partial charge in [-0.2, -0.15) is 13.2 Å². The Morgan fingerprint density at radius 1 is 1.09 bits per heavy atom. The summed E-state index contributed by atoms with van der Waals surface area (Å²) in [6.45, 7) is 3.44. The summed E-state index contributed by atoms with van der Waals surface area (Å²) >= 11 is 1.42. The van der Waals surface area contributed by atoms with E-state index < -0.39 is 11.7 Å². The Balaban J connectivity index is 1.29. The van der Waals surface area contributed by atoms with E-state index in [0.29, 0.717) is 36.6 Å². The molecule has 1 saturated heterocycles. The number of carbonyl (C=O) groups is 1. The number of nitrogens with zero attached hydrogens (tertiary/aromatic N) is 3. The number of hydrogen-bond donors (Lipinski definition) is 0. The normalized spacial score (nSPS) is 15.0. The van der Waals surface area contributed by atoms with Gasteiger partial charge in [0.25, 0.3) is 0 Å². The first-order valence-electron chi connectivity index (χ1n) is 10.6. The molecule has 3 aromatic rings. The van der Waals surface area contributed by atoms with Crippen LogP contribution in [-0.4, -0.2) is 54.0 Å². The third-order valence-electron chi connectivity index (χ3n) is 5.61. The number of aromatic nitrogens is 1. The fourth-order valence-corrected chi connectivity index (χ4v) is 4.58. The van der Waals surface area contributed by atoms with Crippen molar-refractivity contribution in [2.24, 2.45) is 0 Å². The van der Waals surface area contributed by atoms with Gasteiger partial charge in [0.2, 0.25) is 5.91 Å². The second-order valence-electron chi connectivity index (χ2n) is 7.90. The first-order valence-corrected chi connectivity index (χ1v) is 11.4. The Hall–Kier alpha value is -2.91. The molecule has 0 spiro atoms. The number of piperazine rings is 1. The topological polar surface area (TPSA) is 45.7 Å². The van der Waals surface area contributed by atoms with E-state index in [4.69, 9.17) is 4.74 Å². The number of thiazole rings is 1. The van der Waals surface area contributed by atoms with E-state index in [0.717, 1.165) is 42.2 Å². The second kappa shape index (κ2) is 9.93. The van der Waals surface area contributed by atoms with Crippen molar-refractivity contribution >= 4 is 17.2 Å². The van der Waals surface area contributed by atoms with E-state index in [-0.39, 0.29) is 5.91 Å². The monoisotopic (exact) mass is 475 g/mol. The molecule has 0 N–H and O–H groups in total. The number of benzene rings is 2. The number of amides is 1. The number of carbonyl (C=O) groups excluding carboxylic acids is 1. The van der Waals surface area contributed by atoms with Crippen LogP contribution >= 0.6 is 11.3 Å². The van der Waals surface area contributed by atoms with Crippen molar-refractivity contribution in [3.05, 3.63) is 70.7 Å². The molecular formula is C24H24F3N3O2S. The molecule has 2 aromatic carbocycles. The maximum Gasteiger partial charge on any atom is 0.416 e. The average molecular weight is 476 g/mol. The van der Waals surface area contributed by atoms with E-state index in [1.54, 1.807) is 7.11 Å². The van der Waals surface area contributed by atoms with Gasteiger partial charge in [-0.1, -0.05) is 24.3 Å². The van der Waals surface area contributed by atoms with Crippen molar-refractivity contribution in [2.75, 3.05) is 33.3 Å². The highest BCUT2D eigenvalue weighted by Crippen LogP contribution is 2.32. The summed E-state index contributed by atoms with van der Waals surface area (Å²) in [5.41, 5.74) is 1.82. The maximum atomic E-state index is 12.8. The average Bonchev–Trinajstić information content (AvgIpc) is 3.27. The number of halogens is 3. The molecule has 0 radical (unpaired) electrons. The standard InChI is InChI=1S/C24H24F3N3O2S/c1-32-21-4-2-3-17(13-21)14-22(31)30-11-9-29(10-12-30)15-20-16-33-23(28-20)18-5-7-19(8-6-18)24(25,26)27/h2-8,13,16H,9-12,14-15H2,1H3. The zero-order valence-corrected chi connectivity index (χ0v) is 19.0. The van der Waals surface area contributed by atoms with Crippen LogP contribution in [0.2, 0.25) is 0 Å². The lowest BCUT2D eigenvalue weighted by atomic mass is 10.1. The van der Waals surface area contributed by atoms with E-state index in [9.17, 15) is 18.0 Å². The van der Waals surface area contributed by atoms with Crippen molar-refractivity contribution in [2.45, 2.75) is 19.1 Å². The van der Waals surface area contributed by atoms with E-state index in [2.05, 4.69) is 9.88 Å². The smallest absolute Gasteiger partial charge is 0.416 e. The van der Waals surface area contributed by atoms with Crippen LogP contribution in [0, 0.1) is 0 Å². The third kappa shape index (κ3) is 5.91. The van der Waals surface area contributed by atoms with Crippen LogP contribution in [0.1, 0.15) is 16.8 Å². The summed E-state index contributed by atoms with van der Waals surface area (Å²) in [6.07, 6.45) is -4.00. The van der Waals surface area contributed by atoms with Gasteiger partial charge in [-0.3, -0.25) is 9.69 Å². The molecule has 174 valence electrons. The van der Waals surface area contributed by atoms with Gasteiger partial charge in [0.1, 0.15) is 10.8 Å². The van der Waals surface area contributed by atoms with E-state index in [1.807, 2.05) is 34.5 Å². The molecule has 4 rings (SSSR count). The Kier molecular flexibility index (Phi) is 6.99. The van der Waals surface area contributed by atoms with Crippen molar-refractivity contribution in [3.8, 4) is 16.3 Å². The van der Waals surface area contributed by atoms with E-state index in [1.165, 1.54) is 23.5 Å². The summed E-state index contributed by atoms with van der Waals surface area (Å²) in [5.74, 6) is 0.838. The molecule has 0 unspecified atom stereocenters. The number of ether oxygens (including phenoxy) is 1. The first kappa shape index (κ1) is 23.3. The van der Waals surface area contributed by atoms with Crippen LogP contribution in [0.4, 0.5) is 13.2 Å². The zero-order chi connectivity index (χ0) is 23.4. The van der Waals surface area contributed by atoms with Crippen LogP contribution in [-0.2, 0) is 23.9 Å². The van der Waals surface area contributed by atoms with Crippen LogP contribution < -0.4 is 4.74 Å². The number of methoxy groups -OCH3 is 1. The lowest BCUT2D eigenvalue weighted by molar-refractivity contribution is -0.137. The molecule has 1 aliphatic rings. The van der Waals surface area contributed by atoms with Gasteiger partial charge in [0.15, 0.2) is 0 Å². The van der Waals surface area contributed by atoms with Crippen LogP contribution in [0.5, 0.6) is 5.75 Å². The molecule has 1 aromatic heterocycles. The summed E-state index contributed by atoms with van der Waals surface area (Å²) in [7, 11) is 1.61. The van der Waals surface area contributed by atoms with Crippen LogP contribution in [0.3, 0.4) is 0 Å². The van der Waals surface area contributed by atoms with Crippen molar-refractivity contribution in [3.63, 3.8) is 0 Å². The lowest BCUT2D eigenvalue weighted by Gasteiger charge is -2.34. The highest BCUT2D eigenvalue weighted by Gasteiger charge is 2.30. The highest BCUT2D eigenvalue weighted by atomic mass is 32.1. The molecule has 2 heterocycles. The number of hydrogen-bond acceptors (Lipinski definition) is 5. The minimum absolute atomic E-state index is 0.0983. The van der Waals surface area contributed by atoms with Gasteiger partial charge >= 0.3 is 6.18 Å². The molecule has 5 nitrogen and oxygen atoms in total. The van der Waals surface area contributed by atoms with Gasteiger partial charge in [0.05, 0.1) is 24.8 Å². The van der Waals surface area contributed by atoms with Crippen molar-refractivity contribution in [1.29, 1.82) is 0 Å². The summed E-state index contributed by atoms with van der Waals surface area (Å²) in [4.78, 5) is 21.4. The van der Waals surface area contributed by atoms with Crippen molar-refractivity contribution < 1.29 is 22.7 Å². The molecule has 0 aliphatic carbocycles. The van der Waals surface area contributed by atoms with Crippen LogP contribution in [0.15, 0.2) is 53.9 Å². The summed E-state index contributed by atoms with van der Waals surface area (Å²) < 4.78 is 43.5. The Morgan fingerprint density at radius 2 is 1.82 bits per heavy atom. The molecule has 0 saturated carbocycles. The Labute approximate surface area is 194 Å². The second-order valence-corrected chi connectivity index (χ2v) is 8.76. The number of alkyl halides is 3. The molecule has 33 heavy (non-hydrogen) atoms. The summed E-state index contributed by atoms with van der Waals surface area (Å²) in [6, 6.07) is 12.6. The maximum absolute atomic E-state index is 12.8. The fraction of sp³-hybridized carbons (Fsp3) is 0.333. The minimum Gasteiger partial charge on any atom is -0.497 e. The lowest BCUT2D eigenvalue weighted by Crippen LogP contribution is -2.48. The number of rotatable bonds is 6. The summed E-state index contributed by atoms with van der Waals surface area (Å²) in [5, 5.41) is 2.64. The van der Waals surface area contributed by atoms with Gasteiger partial charge in [-0.05, 0) is 29.8 Å². The Bertz CT molecular complexity index is 1090. The fourth-order valence-electron chi connectivity index (χ4n) is 3.77.